The predicted octanol–water partition coefficient (Wildman–Crippen LogP) is 1.34. The quantitative estimate of drug-likeness (QED) is 0.710. The van der Waals surface area contributed by atoms with Crippen LogP contribution in [0.3, 0.4) is 0 Å². The average molecular weight is 262 g/mol. The molecule has 0 spiro atoms. The number of benzene rings is 1. The van der Waals surface area contributed by atoms with Crippen LogP contribution in [-0.2, 0) is 0 Å². The van der Waals surface area contributed by atoms with E-state index >= 15 is 0 Å². The van der Waals surface area contributed by atoms with Gasteiger partial charge in [-0.05, 0) is 25.1 Å². The van der Waals surface area contributed by atoms with Crippen molar-refractivity contribution in [2.24, 2.45) is 5.73 Å². The molecule has 0 atom stereocenters. The lowest BCUT2D eigenvalue weighted by atomic mass is 10.1. The molecule has 19 heavy (non-hydrogen) atoms. The molecule has 5 nitrogen and oxygen atoms in total. The molecule has 0 saturated carbocycles. The lowest BCUT2D eigenvalue weighted by molar-refractivity contribution is 0.630. The first-order valence-corrected chi connectivity index (χ1v) is 6.00. The molecule has 100 valence electrons. The molecule has 0 saturated heterocycles. The third kappa shape index (κ3) is 3.17. The van der Waals surface area contributed by atoms with E-state index in [1.807, 2.05) is 0 Å². The first kappa shape index (κ1) is 13.2. The summed E-state index contributed by atoms with van der Waals surface area (Å²) in [6.07, 6.45) is 2.17. The molecule has 2 aromatic rings. The van der Waals surface area contributed by atoms with E-state index in [1.165, 1.54) is 12.3 Å². The summed E-state index contributed by atoms with van der Waals surface area (Å²) in [4.78, 5) is 17.5. The van der Waals surface area contributed by atoms with Gasteiger partial charge in [-0.15, -0.1) is 0 Å². The van der Waals surface area contributed by atoms with E-state index < -0.39 is 11.5 Å². The Morgan fingerprint density at radius 1 is 1.37 bits per heavy atom. The Kier molecular flexibility index (Phi) is 4.25. The molecule has 4 N–H and O–H groups in total. The minimum atomic E-state index is -0.511. The minimum Gasteiger partial charge on any atom is -0.382 e. The summed E-state index contributed by atoms with van der Waals surface area (Å²) in [5, 5.41) is 3.09. The van der Waals surface area contributed by atoms with Crippen molar-refractivity contribution in [2.75, 3.05) is 18.4 Å². The van der Waals surface area contributed by atoms with Gasteiger partial charge < -0.3 is 16.0 Å². The van der Waals surface area contributed by atoms with Crippen molar-refractivity contribution < 1.29 is 4.39 Å². The van der Waals surface area contributed by atoms with Gasteiger partial charge >= 0.3 is 5.69 Å². The third-order valence-electron chi connectivity index (χ3n) is 2.65. The second kappa shape index (κ2) is 6.10. The van der Waals surface area contributed by atoms with E-state index in [2.05, 4.69) is 15.3 Å². The summed E-state index contributed by atoms with van der Waals surface area (Å²) in [6, 6.07) is 6.26. The van der Waals surface area contributed by atoms with Crippen LogP contribution >= 0.6 is 0 Å². The SMILES string of the molecule is NCCCNc1cnc(=O)[nH]c1-c1ccccc1F. The van der Waals surface area contributed by atoms with Gasteiger partial charge in [0.05, 0.1) is 17.6 Å². The van der Waals surface area contributed by atoms with Crippen molar-refractivity contribution in [2.45, 2.75) is 6.42 Å². The molecule has 0 bridgehead atoms. The molecule has 0 unspecified atom stereocenters. The fraction of sp³-hybridized carbons (Fsp3) is 0.231. The summed E-state index contributed by atoms with van der Waals surface area (Å²) in [5.41, 5.74) is 6.22. The minimum absolute atomic E-state index is 0.331. The van der Waals surface area contributed by atoms with Gasteiger partial charge in [-0.1, -0.05) is 12.1 Å². The Labute approximate surface area is 109 Å². The van der Waals surface area contributed by atoms with Gasteiger partial charge in [0.25, 0.3) is 0 Å². The number of halogens is 1. The van der Waals surface area contributed by atoms with Crippen LogP contribution in [-0.4, -0.2) is 23.1 Å². The van der Waals surface area contributed by atoms with Crippen LogP contribution in [0, 0.1) is 5.82 Å². The van der Waals surface area contributed by atoms with E-state index in [0.29, 0.717) is 30.0 Å². The Hall–Kier alpha value is -2.21. The molecular weight excluding hydrogens is 247 g/mol. The van der Waals surface area contributed by atoms with Crippen LogP contribution in [0.2, 0.25) is 0 Å². The summed E-state index contributed by atoms with van der Waals surface area (Å²) >= 11 is 0. The highest BCUT2D eigenvalue weighted by atomic mass is 19.1. The molecule has 0 aliphatic rings. The van der Waals surface area contributed by atoms with Crippen molar-refractivity contribution >= 4 is 5.69 Å². The van der Waals surface area contributed by atoms with E-state index in [0.717, 1.165) is 6.42 Å². The van der Waals surface area contributed by atoms with Crippen molar-refractivity contribution in [3.63, 3.8) is 0 Å². The topological polar surface area (TPSA) is 83.8 Å². The van der Waals surface area contributed by atoms with Crippen molar-refractivity contribution in [1.82, 2.24) is 9.97 Å². The van der Waals surface area contributed by atoms with Crippen LogP contribution in [0.1, 0.15) is 6.42 Å². The van der Waals surface area contributed by atoms with E-state index in [9.17, 15) is 9.18 Å². The molecule has 0 radical (unpaired) electrons. The predicted molar refractivity (Wildman–Crippen MR) is 72.4 cm³/mol. The van der Waals surface area contributed by atoms with Gasteiger partial charge in [-0.25, -0.2) is 9.18 Å². The molecule has 2 rings (SSSR count). The van der Waals surface area contributed by atoms with Crippen LogP contribution in [0.5, 0.6) is 0 Å². The summed E-state index contributed by atoms with van der Waals surface area (Å²) in [7, 11) is 0. The van der Waals surface area contributed by atoms with Crippen molar-refractivity contribution in [3.8, 4) is 11.3 Å². The molecule has 0 aliphatic heterocycles. The van der Waals surface area contributed by atoms with Gasteiger partial charge in [0.15, 0.2) is 0 Å². The second-order valence-corrected chi connectivity index (χ2v) is 4.03. The van der Waals surface area contributed by atoms with Crippen LogP contribution < -0.4 is 16.7 Å². The largest absolute Gasteiger partial charge is 0.382 e. The molecule has 6 heteroatoms. The van der Waals surface area contributed by atoms with Crippen molar-refractivity contribution in [1.29, 1.82) is 0 Å². The number of nitrogens with two attached hydrogens (primary N) is 1. The smallest absolute Gasteiger partial charge is 0.345 e. The number of aromatic nitrogens is 2. The average Bonchev–Trinajstić information content (AvgIpc) is 2.41. The Morgan fingerprint density at radius 2 is 2.16 bits per heavy atom. The van der Waals surface area contributed by atoms with E-state index in [-0.39, 0.29) is 0 Å². The van der Waals surface area contributed by atoms with E-state index in [1.54, 1.807) is 18.2 Å². The Bertz CT molecular complexity index is 612. The van der Waals surface area contributed by atoms with Gasteiger partial charge in [0.1, 0.15) is 5.82 Å². The fourth-order valence-corrected chi connectivity index (χ4v) is 1.73. The highest BCUT2D eigenvalue weighted by molar-refractivity contribution is 5.73. The zero-order valence-corrected chi connectivity index (χ0v) is 10.3. The number of hydrogen-bond donors (Lipinski definition) is 3. The highest BCUT2D eigenvalue weighted by Crippen LogP contribution is 2.26. The molecule has 0 fully saturated rings. The second-order valence-electron chi connectivity index (χ2n) is 4.03. The van der Waals surface area contributed by atoms with Crippen LogP contribution in [0.4, 0.5) is 10.1 Å². The number of nitrogens with zero attached hydrogens (tertiary/aromatic N) is 1. The summed E-state index contributed by atoms with van der Waals surface area (Å²) < 4.78 is 13.8. The number of rotatable bonds is 5. The van der Waals surface area contributed by atoms with Gasteiger partial charge in [0, 0.05) is 12.1 Å². The van der Waals surface area contributed by atoms with Gasteiger partial charge in [-0.3, -0.25) is 0 Å². The lowest BCUT2D eigenvalue weighted by Crippen LogP contribution is -2.15. The molecule has 1 aromatic heterocycles. The number of H-pyrrole nitrogens is 1. The van der Waals surface area contributed by atoms with Gasteiger partial charge in [-0.2, -0.15) is 4.98 Å². The first-order valence-electron chi connectivity index (χ1n) is 6.00. The molecule has 0 aliphatic carbocycles. The maximum absolute atomic E-state index is 13.8. The maximum Gasteiger partial charge on any atom is 0.345 e. The number of aromatic amines is 1. The standard InChI is InChI=1S/C13H15FN4O/c14-10-5-2-1-4-9(10)12-11(16-7-3-6-15)8-17-13(19)18-12/h1-2,4-5,8,16H,3,6-7,15H2,(H,17,18,19). The molecule has 1 heterocycles. The summed E-state index contributed by atoms with van der Waals surface area (Å²) in [6.45, 7) is 1.19. The molecular formula is C13H15FN4O. The first-order chi connectivity index (χ1) is 9.22. The number of anilines is 1. The fourth-order valence-electron chi connectivity index (χ4n) is 1.73. The Balaban J connectivity index is 2.40. The number of nitrogens with one attached hydrogen (secondary N) is 2. The Morgan fingerprint density at radius 3 is 2.89 bits per heavy atom. The maximum atomic E-state index is 13.8. The van der Waals surface area contributed by atoms with Crippen molar-refractivity contribution in [3.05, 3.63) is 46.8 Å². The zero-order chi connectivity index (χ0) is 13.7. The van der Waals surface area contributed by atoms with Gasteiger partial charge in [0.2, 0.25) is 0 Å². The van der Waals surface area contributed by atoms with Crippen LogP contribution in [0.25, 0.3) is 11.3 Å². The normalized spacial score (nSPS) is 10.4. The highest BCUT2D eigenvalue weighted by Gasteiger charge is 2.10. The number of hydrogen-bond acceptors (Lipinski definition) is 4. The zero-order valence-electron chi connectivity index (χ0n) is 10.3. The third-order valence-corrected chi connectivity index (χ3v) is 2.65. The van der Waals surface area contributed by atoms with Crippen LogP contribution in [0.15, 0.2) is 35.3 Å². The van der Waals surface area contributed by atoms with E-state index in [4.69, 9.17) is 5.73 Å². The monoisotopic (exact) mass is 262 g/mol. The lowest BCUT2D eigenvalue weighted by Gasteiger charge is -2.11. The molecule has 1 aromatic carbocycles. The summed E-state index contributed by atoms with van der Waals surface area (Å²) in [5.74, 6) is -0.397. The molecule has 0 amide bonds.